The smallest absolute Gasteiger partial charge is 0.387 e. The molecule has 0 unspecified atom stereocenters. The van der Waals surface area contributed by atoms with Crippen molar-refractivity contribution in [2.24, 2.45) is 0 Å². The quantitative estimate of drug-likeness (QED) is 0.472. The molecule has 0 fully saturated rings. The molecule has 3 aromatic rings. The van der Waals surface area contributed by atoms with Gasteiger partial charge < -0.3 is 10.1 Å². The van der Waals surface area contributed by atoms with Crippen molar-refractivity contribution in [2.45, 2.75) is 20.1 Å². The number of non-ortho nitro benzene ring substituents is 1. The molecule has 1 aromatic heterocycles. The molecule has 0 saturated heterocycles. The maximum Gasteiger partial charge on any atom is 0.387 e. The van der Waals surface area contributed by atoms with Crippen LogP contribution in [-0.2, 0) is 6.54 Å². The molecule has 0 aliphatic heterocycles. The predicted molar refractivity (Wildman–Crippen MR) is 99.3 cm³/mol. The van der Waals surface area contributed by atoms with E-state index in [0.29, 0.717) is 29.4 Å². The van der Waals surface area contributed by atoms with Crippen molar-refractivity contribution in [3.8, 4) is 17.1 Å². The maximum atomic E-state index is 12.3. The molecule has 0 spiro atoms. The Bertz CT molecular complexity index is 998. The third kappa shape index (κ3) is 4.97. The van der Waals surface area contributed by atoms with Crippen LogP contribution < -0.4 is 10.1 Å². The topological polar surface area (TPSA) is 90.2 Å². The molecule has 0 atom stereocenters. The van der Waals surface area contributed by atoms with Crippen molar-refractivity contribution in [3.63, 3.8) is 0 Å². The molecule has 144 valence electrons. The van der Waals surface area contributed by atoms with Crippen LogP contribution in [0.1, 0.15) is 11.3 Å². The van der Waals surface area contributed by atoms with Gasteiger partial charge in [0.15, 0.2) is 5.82 Å². The Morgan fingerprint density at radius 3 is 2.68 bits per heavy atom. The molecule has 0 radical (unpaired) electrons. The summed E-state index contributed by atoms with van der Waals surface area (Å²) < 4.78 is 29.1. The summed E-state index contributed by atoms with van der Waals surface area (Å²) in [5.74, 6) is 0.931. The summed E-state index contributed by atoms with van der Waals surface area (Å²) in [7, 11) is 0. The number of nitro benzene ring substituents is 1. The normalized spacial score (nSPS) is 10.7. The summed E-state index contributed by atoms with van der Waals surface area (Å²) in [6, 6.07) is 14.1. The third-order valence-corrected chi connectivity index (χ3v) is 3.77. The van der Waals surface area contributed by atoms with E-state index in [4.69, 9.17) is 0 Å². The number of hydrogen-bond donors (Lipinski definition) is 1. The van der Waals surface area contributed by atoms with Crippen molar-refractivity contribution in [1.82, 2.24) is 9.97 Å². The number of nitrogens with one attached hydrogen (secondary N) is 1. The largest absolute Gasteiger partial charge is 0.435 e. The second kappa shape index (κ2) is 8.38. The van der Waals surface area contributed by atoms with E-state index in [2.05, 4.69) is 20.0 Å². The molecule has 0 aliphatic rings. The van der Waals surface area contributed by atoms with E-state index in [9.17, 15) is 18.9 Å². The number of benzene rings is 2. The summed E-state index contributed by atoms with van der Waals surface area (Å²) in [6.07, 6.45) is 0. The van der Waals surface area contributed by atoms with E-state index in [1.807, 2.05) is 0 Å². The summed E-state index contributed by atoms with van der Waals surface area (Å²) in [4.78, 5) is 19.2. The minimum absolute atomic E-state index is 0.0482. The standard InChI is InChI=1S/C19H16F2N4O3/c1-12-8-17(22-11-13-4-2-7-16(9-13)28-19(20)21)24-18(23-12)14-5-3-6-15(10-14)25(26)27/h2-10,19H,11H2,1H3,(H,22,23,24). The number of hydrogen-bond acceptors (Lipinski definition) is 6. The highest BCUT2D eigenvalue weighted by Gasteiger charge is 2.11. The van der Waals surface area contributed by atoms with Crippen LogP contribution in [0.15, 0.2) is 54.6 Å². The zero-order valence-corrected chi connectivity index (χ0v) is 14.8. The Hall–Kier alpha value is -3.62. The zero-order chi connectivity index (χ0) is 20.1. The van der Waals surface area contributed by atoms with E-state index in [1.54, 1.807) is 37.3 Å². The average Bonchev–Trinajstić information content (AvgIpc) is 2.66. The number of ether oxygens (including phenoxy) is 1. The summed E-state index contributed by atoms with van der Waals surface area (Å²) in [5.41, 5.74) is 1.88. The van der Waals surface area contributed by atoms with Crippen molar-refractivity contribution in [1.29, 1.82) is 0 Å². The third-order valence-electron chi connectivity index (χ3n) is 3.77. The van der Waals surface area contributed by atoms with Gasteiger partial charge in [0.1, 0.15) is 11.6 Å². The molecule has 0 aliphatic carbocycles. The first-order chi connectivity index (χ1) is 13.4. The van der Waals surface area contributed by atoms with Gasteiger partial charge in [-0.3, -0.25) is 10.1 Å². The lowest BCUT2D eigenvalue weighted by atomic mass is 10.2. The van der Waals surface area contributed by atoms with Gasteiger partial charge in [-0.05, 0) is 24.6 Å². The van der Waals surface area contributed by atoms with Crippen LogP contribution >= 0.6 is 0 Å². The van der Waals surface area contributed by atoms with Crippen LogP contribution in [0.25, 0.3) is 11.4 Å². The Labute approximate surface area is 159 Å². The monoisotopic (exact) mass is 386 g/mol. The minimum atomic E-state index is -2.88. The van der Waals surface area contributed by atoms with E-state index in [-0.39, 0.29) is 11.4 Å². The zero-order valence-electron chi connectivity index (χ0n) is 14.8. The Morgan fingerprint density at radius 1 is 1.14 bits per heavy atom. The van der Waals surface area contributed by atoms with E-state index < -0.39 is 11.5 Å². The number of aryl methyl sites for hydroxylation is 1. The van der Waals surface area contributed by atoms with Crippen molar-refractivity contribution in [3.05, 3.63) is 76.0 Å². The summed E-state index contributed by atoms with van der Waals surface area (Å²) in [5, 5.41) is 14.1. The number of rotatable bonds is 7. The van der Waals surface area contributed by atoms with Gasteiger partial charge in [0.05, 0.1) is 4.92 Å². The maximum absolute atomic E-state index is 12.3. The Morgan fingerprint density at radius 2 is 1.93 bits per heavy atom. The lowest BCUT2D eigenvalue weighted by molar-refractivity contribution is -0.384. The van der Waals surface area contributed by atoms with Crippen molar-refractivity contribution in [2.75, 3.05) is 5.32 Å². The molecular weight excluding hydrogens is 370 g/mol. The predicted octanol–water partition coefficient (Wildman–Crippen LogP) is 4.57. The van der Waals surface area contributed by atoms with E-state index >= 15 is 0 Å². The van der Waals surface area contributed by atoms with Gasteiger partial charge >= 0.3 is 6.61 Å². The molecular formula is C19H16F2N4O3. The Balaban J connectivity index is 1.79. The van der Waals surface area contributed by atoms with Gasteiger partial charge in [0, 0.05) is 36.0 Å². The highest BCUT2D eigenvalue weighted by Crippen LogP contribution is 2.23. The lowest BCUT2D eigenvalue weighted by Gasteiger charge is -2.10. The fourth-order valence-electron chi connectivity index (χ4n) is 2.57. The molecule has 0 saturated carbocycles. The summed E-state index contributed by atoms with van der Waals surface area (Å²) >= 11 is 0. The molecule has 7 nitrogen and oxygen atoms in total. The fourth-order valence-corrected chi connectivity index (χ4v) is 2.57. The molecule has 2 aromatic carbocycles. The highest BCUT2D eigenvalue weighted by molar-refractivity contribution is 5.61. The van der Waals surface area contributed by atoms with E-state index in [1.165, 1.54) is 24.3 Å². The minimum Gasteiger partial charge on any atom is -0.435 e. The number of halogens is 2. The first kappa shape index (κ1) is 19.2. The first-order valence-electron chi connectivity index (χ1n) is 8.29. The second-order valence-electron chi connectivity index (χ2n) is 5.91. The molecule has 1 N–H and O–H groups in total. The Kier molecular flexibility index (Phi) is 5.73. The first-order valence-corrected chi connectivity index (χ1v) is 8.29. The summed E-state index contributed by atoms with van der Waals surface area (Å²) in [6.45, 7) is -0.777. The molecule has 0 amide bonds. The van der Waals surface area contributed by atoms with Gasteiger partial charge in [-0.1, -0.05) is 24.3 Å². The number of alkyl halides is 2. The number of anilines is 1. The average molecular weight is 386 g/mol. The van der Waals surface area contributed by atoms with Crippen LogP contribution in [-0.4, -0.2) is 21.5 Å². The number of aromatic nitrogens is 2. The van der Waals surface area contributed by atoms with Crippen LogP contribution in [0.5, 0.6) is 5.75 Å². The lowest BCUT2D eigenvalue weighted by Crippen LogP contribution is -2.05. The second-order valence-corrected chi connectivity index (χ2v) is 5.91. The van der Waals surface area contributed by atoms with Gasteiger partial charge in [-0.2, -0.15) is 8.78 Å². The number of nitro groups is 1. The molecule has 3 rings (SSSR count). The van der Waals surface area contributed by atoms with Crippen LogP contribution in [0.3, 0.4) is 0 Å². The van der Waals surface area contributed by atoms with Crippen molar-refractivity contribution >= 4 is 11.5 Å². The van der Waals surface area contributed by atoms with Gasteiger partial charge in [0.2, 0.25) is 0 Å². The van der Waals surface area contributed by atoms with E-state index in [0.717, 1.165) is 5.56 Å². The van der Waals surface area contributed by atoms with Crippen LogP contribution in [0.4, 0.5) is 20.3 Å². The SMILES string of the molecule is Cc1cc(NCc2cccc(OC(F)F)c2)nc(-c2cccc([N+](=O)[O-])c2)n1. The number of nitrogens with zero attached hydrogens (tertiary/aromatic N) is 3. The van der Waals surface area contributed by atoms with Gasteiger partial charge in [-0.15, -0.1) is 0 Å². The van der Waals surface area contributed by atoms with Gasteiger partial charge in [0.25, 0.3) is 5.69 Å². The molecule has 0 bridgehead atoms. The highest BCUT2D eigenvalue weighted by atomic mass is 19.3. The fraction of sp³-hybridized carbons (Fsp3) is 0.158. The molecule has 9 heteroatoms. The van der Waals surface area contributed by atoms with Crippen molar-refractivity contribution < 1.29 is 18.4 Å². The van der Waals surface area contributed by atoms with Crippen LogP contribution in [0.2, 0.25) is 0 Å². The van der Waals surface area contributed by atoms with Gasteiger partial charge in [-0.25, -0.2) is 9.97 Å². The van der Waals surface area contributed by atoms with Crippen LogP contribution in [0, 0.1) is 17.0 Å². The molecule has 1 heterocycles. The molecule has 28 heavy (non-hydrogen) atoms.